The van der Waals surface area contributed by atoms with Gasteiger partial charge in [-0.3, -0.25) is 9.36 Å². The molecule has 0 aliphatic rings. The second-order valence-electron chi connectivity index (χ2n) is 4.37. The van der Waals surface area contributed by atoms with Gasteiger partial charge in [-0.25, -0.2) is 9.97 Å². The molecule has 3 rings (SSSR count). The molecule has 10 heteroatoms. The fourth-order valence-electron chi connectivity index (χ4n) is 1.92. The molecule has 0 aliphatic heterocycles. The maximum absolute atomic E-state index is 12.7. The van der Waals surface area contributed by atoms with Crippen molar-refractivity contribution in [1.82, 2.24) is 24.7 Å². The molecular formula is C12H13N5O3S2. The van der Waals surface area contributed by atoms with Gasteiger partial charge in [0.15, 0.2) is 20.5 Å². The first-order valence-electron chi connectivity index (χ1n) is 6.39. The predicted molar refractivity (Wildman–Crippen MR) is 83.4 cm³/mol. The van der Waals surface area contributed by atoms with E-state index in [1.807, 2.05) is 6.26 Å². The monoisotopic (exact) mass is 339 g/mol. The van der Waals surface area contributed by atoms with E-state index in [1.54, 1.807) is 14.0 Å². The Bertz CT molecular complexity index is 869. The molecule has 8 nitrogen and oxygen atoms in total. The number of nitrogens with zero attached hydrogens (tertiary/aromatic N) is 5. The van der Waals surface area contributed by atoms with Crippen molar-refractivity contribution in [2.24, 2.45) is 0 Å². The maximum Gasteiger partial charge on any atom is 0.294 e. The third-order valence-corrected chi connectivity index (χ3v) is 4.85. The highest BCUT2D eigenvalue weighted by Crippen LogP contribution is 2.26. The molecule has 0 amide bonds. The van der Waals surface area contributed by atoms with Crippen molar-refractivity contribution >= 4 is 33.4 Å². The lowest BCUT2D eigenvalue weighted by Gasteiger charge is -2.08. The number of hydrogen-bond donors (Lipinski definition) is 0. The lowest BCUT2D eigenvalue weighted by molar-refractivity contribution is 0.186. The van der Waals surface area contributed by atoms with Crippen LogP contribution in [0.15, 0.2) is 13.7 Å². The quantitative estimate of drug-likeness (QED) is 0.647. The zero-order chi connectivity index (χ0) is 15.7. The van der Waals surface area contributed by atoms with Gasteiger partial charge in [0, 0.05) is 7.11 Å². The van der Waals surface area contributed by atoms with E-state index in [2.05, 4.69) is 20.1 Å². The van der Waals surface area contributed by atoms with Crippen LogP contribution in [0.5, 0.6) is 0 Å². The van der Waals surface area contributed by atoms with Crippen LogP contribution in [0.2, 0.25) is 0 Å². The van der Waals surface area contributed by atoms with Crippen molar-refractivity contribution in [3.63, 3.8) is 0 Å². The first kappa shape index (κ1) is 15.1. The summed E-state index contributed by atoms with van der Waals surface area (Å²) in [5, 5.41) is 3.76. The van der Waals surface area contributed by atoms with Crippen LogP contribution in [0, 0.1) is 6.92 Å². The largest absolute Gasteiger partial charge is 0.383 e. The molecule has 3 aromatic rings. The van der Waals surface area contributed by atoms with E-state index >= 15 is 0 Å². The Morgan fingerprint density at radius 3 is 2.82 bits per heavy atom. The standard InChI is InChI=1S/C12H13N5O3S2/c1-6-13-9(20-16-6)8-15-10-7(14-12(21-3)22-10)11(18)17(8)4-5-19-2/h4-5H2,1-3H3. The first-order chi connectivity index (χ1) is 10.6. The summed E-state index contributed by atoms with van der Waals surface area (Å²) in [4.78, 5) is 26.2. The van der Waals surface area contributed by atoms with Gasteiger partial charge in [-0.2, -0.15) is 4.98 Å². The average molecular weight is 339 g/mol. The Kier molecular flexibility index (Phi) is 4.23. The molecule has 116 valence electrons. The van der Waals surface area contributed by atoms with Crippen molar-refractivity contribution in [2.45, 2.75) is 17.8 Å². The number of methoxy groups -OCH3 is 1. The van der Waals surface area contributed by atoms with Crippen molar-refractivity contribution in [3.8, 4) is 11.7 Å². The van der Waals surface area contributed by atoms with Crippen LogP contribution in [-0.4, -0.2) is 44.6 Å². The zero-order valence-corrected chi connectivity index (χ0v) is 13.8. The number of ether oxygens (including phenoxy) is 1. The van der Waals surface area contributed by atoms with E-state index in [-0.39, 0.29) is 11.4 Å². The second kappa shape index (κ2) is 6.15. The summed E-state index contributed by atoms with van der Waals surface area (Å²) in [6.45, 7) is 2.41. The first-order valence-corrected chi connectivity index (χ1v) is 8.43. The van der Waals surface area contributed by atoms with Gasteiger partial charge in [-0.15, -0.1) is 0 Å². The molecule has 3 heterocycles. The highest BCUT2D eigenvalue weighted by Gasteiger charge is 2.20. The molecule has 0 radical (unpaired) electrons. The van der Waals surface area contributed by atoms with Crippen molar-refractivity contribution in [1.29, 1.82) is 0 Å². The molecule has 0 fully saturated rings. The molecule has 0 saturated heterocycles. The van der Waals surface area contributed by atoms with E-state index in [1.165, 1.54) is 27.7 Å². The van der Waals surface area contributed by atoms with Gasteiger partial charge in [-0.1, -0.05) is 28.3 Å². The van der Waals surface area contributed by atoms with E-state index in [0.717, 1.165) is 4.34 Å². The summed E-state index contributed by atoms with van der Waals surface area (Å²) in [6, 6.07) is 0. The van der Waals surface area contributed by atoms with Gasteiger partial charge in [0.05, 0.1) is 13.2 Å². The van der Waals surface area contributed by atoms with Gasteiger partial charge in [0.25, 0.3) is 11.4 Å². The van der Waals surface area contributed by atoms with E-state index in [0.29, 0.717) is 35.1 Å². The molecule has 0 aromatic carbocycles. The Morgan fingerprint density at radius 1 is 1.36 bits per heavy atom. The molecule has 0 N–H and O–H groups in total. The minimum atomic E-state index is -0.232. The summed E-state index contributed by atoms with van der Waals surface area (Å²) in [5.41, 5.74) is 0.120. The number of rotatable bonds is 5. The third kappa shape index (κ3) is 2.64. The molecule has 0 unspecified atom stereocenters. The summed E-state index contributed by atoms with van der Waals surface area (Å²) < 4.78 is 12.5. The lowest BCUT2D eigenvalue weighted by atomic mass is 10.4. The topological polar surface area (TPSA) is 95.9 Å². The molecule has 0 spiro atoms. The number of thiazole rings is 1. The number of fused-ring (bicyclic) bond motifs is 1. The van der Waals surface area contributed by atoms with E-state index in [9.17, 15) is 4.79 Å². The lowest BCUT2D eigenvalue weighted by Crippen LogP contribution is -2.25. The Morgan fingerprint density at radius 2 is 2.18 bits per heavy atom. The number of aromatic nitrogens is 5. The molecule has 0 atom stereocenters. The molecule has 22 heavy (non-hydrogen) atoms. The summed E-state index contributed by atoms with van der Waals surface area (Å²) in [5.74, 6) is 1.04. The predicted octanol–water partition coefficient (Wildman–Crippen LogP) is 1.58. The molecular weight excluding hydrogens is 326 g/mol. The van der Waals surface area contributed by atoms with Crippen LogP contribution >= 0.6 is 23.1 Å². The average Bonchev–Trinajstić information content (AvgIpc) is 3.12. The number of thioether (sulfide) groups is 1. The fraction of sp³-hybridized carbons (Fsp3) is 0.417. The summed E-state index contributed by atoms with van der Waals surface area (Å²) in [6.07, 6.45) is 1.91. The van der Waals surface area contributed by atoms with E-state index < -0.39 is 0 Å². The van der Waals surface area contributed by atoms with Gasteiger partial charge >= 0.3 is 0 Å². The molecule has 0 saturated carbocycles. The minimum absolute atomic E-state index is 0.215. The number of hydrogen-bond acceptors (Lipinski definition) is 9. The van der Waals surface area contributed by atoms with Crippen LogP contribution < -0.4 is 5.56 Å². The smallest absolute Gasteiger partial charge is 0.294 e. The minimum Gasteiger partial charge on any atom is -0.383 e. The van der Waals surface area contributed by atoms with Gasteiger partial charge in [0.2, 0.25) is 5.82 Å². The van der Waals surface area contributed by atoms with Crippen LogP contribution in [0.4, 0.5) is 0 Å². The molecule has 0 bridgehead atoms. The second-order valence-corrected chi connectivity index (χ2v) is 6.40. The van der Waals surface area contributed by atoms with Gasteiger partial charge in [-0.05, 0) is 13.2 Å². The van der Waals surface area contributed by atoms with Crippen LogP contribution in [0.3, 0.4) is 0 Å². The van der Waals surface area contributed by atoms with Crippen LogP contribution in [0.1, 0.15) is 5.82 Å². The highest BCUT2D eigenvalue weighted by molar-refractivity contribution is 8.00. The summed E-state index contributed by atoms with van der Waals surface area (Å²) in [7, 11) is 1.57. The van der Waals surface area contributed by atoms with Crippen molar-refractivity contribution in [3.05, 3.63) is 16.2 Å². The Labute approximate surface area is 133 Å². The molecule has 0 aliphatic carbocycles. The van der Waals surface area contributed by atoms with Gasteiger partial charge < -0.3 is 9.26 Å². The fourth-order valence-corrected chi connectivity index (χ4v) is 3.33. The normalized spacial score (nSPS) is 11.4. The van der Waals surface area contributed by atoms with Crippen LogP contribution in [-0.2, 0) is 11.3 Å². The van der Waals surface area contributed by atoms with Crippen LogP contribution in [0.25, 0.3) is 22.1 Å². The Balaban J connectivity index is 2.25. The van der Waals surface area contributed by atoms with E-state index in [4.69, 9.17) is 9.26 Å². The van der Waals surface area contributed by atoms with Crippen molar-refractivity contribution < 1.29 is 9.26 Å². The highest BCUT2D eigenvalue weighted by atomic mass is 32.2. The van der Waals surface area contributed by atoms with Crippen molar-refractivity contribution in [2.75, 3.05) is 20.0 Å². The summed E-state index contributed by atoms with van der Waals surface area (Å²) >= 11 is 2.84. The SMILES string of the molecule is COCCn1c(-c2nc(C)no2)nc2sc(SC)nc2c1=O. The Hall–Kier alpha value is -1.78. The number of aryl methyl sites for hydroxylation is 1. The van der Waals surface area contributed by atoms with Gasteiger partial charge in [0.1, 0.15) is 0 Å². The maximum atomic E-state index is 12.7. The zero-order valence-electron chi connectivity index (χ0n) is 12.2. The third-order valence-electron chi connectivity index (χ3n) is 2.91. The molecule has 3 aromatic heterocycles.